The third-order valence-electron chi connectivity index (χ3n) is 3.94. The van der Waals surface area contributed by atoms with E-state index in [9.17, 15) is 9.59 Å². The second-order valence-corrected chi connectivity index (χ2v) is 8.00. The van der Waals surface area contributed by atoms with Crippen molar-refractivity contribution in [2.24, 2.45) is 0 Å². The third-order valence-corrected chi connectivity index (χ3v) is 5.84. The van der Waals surface area contributed by atoms with Crippen LogP contribution in [0.2, 0.25) is 4.34 Å². The van der Waals surface area contributed by atoms with Gasteiger partial charge in [-0.05, 0) is 23.6 Å². The van der Waals surface area contributed by atoms with Crippen LogP contribution in [0.4, 0.5) is 0 Å². The van der Waals surface area contributed by atoms with Gasteiger partial charge in [-0.3, -0.25) is 14.5 Å². The molecule has 5 nitrogen and oxygen atoms in total. The van der Waals surface area contributed by atoms with E-state index in [4.69, 9.17) is 11.6 Å². The lowest BCUT2D eigenvalue weighted by Crippen LogP contribution is -2.50. The van der Waals surface area contributed by atoms with E-state index in [0.717, 1.165) is 19.6 Å². The Morgan fingerprint density at radius 2 is 1.96 bits per heavy atom. The number of nitrogens with zero attached hydrogens (tertiary/aromatic N) is 2. The van der Waals surface area contributed by atoms with Crippen molar-refractivity contribution in [2.75, 3.05) is 39.3 Å². The Bertz CT molecular complexity index is 694. The molecule has 0 aliphatic carbocycles. The molecule has 0 saturated carbocycles. The van der Waals surface area contributed by atoms with Crippen LogP contribution in [0, 0.1) is 0 Å². The van der Waals surface area contributed by atoms with E-state index in [1.165, 1.54) is 22.7 Å². The molecule has 1 saturated heterocycles. The van der Waals surface area contributed by atoms with Crippen LogP contribution in [0.3, 0.4) is 0 Å². The standard InChI is InChI=1S/C16H18ClN3O2S2/c17-14-2-1-13(24-14)16(22)20-8-6-19(7-9-20)5-4-18-15(21)12-3-10-23-11-12/h1-3,10-11H,4-9H2,(H,18,21). The molecule has 3 heterocycles. The molecule has 2 amide bonds. The van der Waals surface area contributed by atoms with Crippen molar-refractivity contribution >= 4 is 46.1 Å². The monoisotopic (exact) mass is 383 g/mol. The summed E-state index contributed by atoms with van der Waals surface area (Å²) in [6.07, 6.45) is 0. The number of thiophene rings is 2. The third kappa shape index (κ3) is 4.36. The van der Waals surface area contributed by atoms with Crippen LogP contribution >= 0.6 is 34.3 Å². The maximum Gasteiger partial charge on any atom is 0.264 e. The predicted octanol–water partition coefficient (Wildman–Crippen LogP) is 2.65. The summed E-state index contributed by atoms with van der Waals surface area (Å²) >= 11 is 8.73. The Morgan fingerprint density at radius 3 is 2.58 bits per heavy atom. The lowest BCUT2D eigenvalue weighted by molar-refractivity contribution is 0.0643. The fourth-order valence-electron chi connectivity index (χ4n) is 2.58. The number of nitrogens with one attached hydrogen (secondary N) is 1. The number of carbonyl (C=O) groups excluding carboxylic acids is 2. The molecule has 8 heteroatoms. The molecule has 0 bridgehead atoms. The van der Waals surface area contributed by atoms with Gasteiger partial charge in [-0.2, -0.15) is 11.3 Å². The first-order valence-corrected chi connectivity index (χ1v) is 9.84. The van der Waals surface area contributed by atoms with Gasteiger partial charge < -0.3 is 10.2 Å². The van der Waals surface area contributed by atoms with E-state index < -0.39 is 0 Å². The molecular formula is C16H18ClN3O2S2. The number of halogens is 1. The average molecular weight is 384 g/mol. The van der Waals surface area contributed by atoms with Crippen LogP contribution in [-0.4, -0.2) is 60.9 Å². The predicted molar refractivity (Wildman–Crippen MR) is 98.3 cm³/mol. The largest absolute Gasteiger partial charge is 0.351 e. The molecular weight excluding hydrogens is 366 g/mol. The van der Waals surface area contributed by atoms with Gasteiger partial charge in [0, 0.05) is 50.2 Å². The summed E-state index contributed by atoms with van der Waals surface area (Å²) in [5.41, 5.74) is 0.713. The van der Waals surface area contributed by atoms with Crippen LogP contribution in [0.25, 0.3) is 0 Å². The van der Waals surface area contributed by atoms with E-state index in [0.29, 0.717) is 34.4 Å². The summed E-state index contributed by atoms with van der Waals surface area (Å²) in [6.45, 7) is 4.45. The fourth-order valence-corrected chi connectivity index (χ4v) is 4.23. The molecule has 1 aliphatic heterocycles. The Balaban J connectivity index is 1.39. The molecule has 3 rings (SSSR count). The van der Waals surface area contributed by atoms with Crippen molar-refractivity contribution in [1.29, 1.82) is 0 Å². The maximum atomic E-state index is 12.4. The van der Waals surface area contributed by atoms with Crippen LogP contribution in [0.15, 0.2) is 29.0 Å². The normalized spacial score (nSPS) is 15.5. The number of hydrogen-bond acceptors (Lipinski definition) is 5. The first-order valence-electron chi connectivity index (χ1n) is 7.71. The lowest BCUT2D eigenvalue weighted by atomic mass is 10.3. The maximum absolute atomic E-state index is 12.4. The van der Waals surface area contributed by atoms with Gasteiger partial charge in [-0.15, -0.1) is 11.3 Å². The van der Waals surface area contributed by atoms with Crippen LogP contribution in [-0.2, 0) is 0 Å². The summed E-state index contributed by atoms with van der Waals surface area (Å²) in [5, 5.41) is 6.67. The highest BCUT2D eigenvalue weighted by Gasteiger charge is 2.23. The van der Waals surface area contributed by atoms with Crippen molar-refractivity contribution in [2.45, 2.75) is 0 Å². The van der Waals surface area contributed by atoms with Crippen molar-refractivity contribution in [3.63, 3.8) is 0 Å². The molecule has 0 unspecified atom stereocenters. The van der Waals surface area contributed by atoms with Crippen molar-refractivity contribution in [3.8, 4) is 0 Å². The zero-order chi connectivity index (χ0) is 16.9. The molecule has 0 aromatic carbocycles. The second kappa shape index (κ2) is 8.11. The summed E-state index contributed by atoms with van der Waals surface area (Å²) in [6, 6.07) is 5.36. The van der Waals surface area contributed by atoms with Crippen molar-refractivity contribution < 1.29 is 9.59 Å². The molecule has 2 aromatic rings. The average Bonchev–Trinajstić information content (AvgIpc) is 3.26. The molecule has 2 aromatic heterocycles. The zero-order valence-corrected chi connectivity index (χ0v) is 15.4. The van der Waals surface area contributed by atoms with Gasteiger partial charge in [-0.1, -0.05) is 11.6 Å². The van der Waals surface area contributed by atoms with Gasteiger partial charge >= 0.3 is 0 Å². The molecule has 1 N–H and O–H groups in total. The van der Waals surface area contributed by atoms with Crippen LogP contribution < -0.4 is 5.32 Å². The van der Waals surface area contributed by atoms with Gasteiger partial charge in [0.2, 0.25) is 0 Å². The minimum Gasteiger partial charge on any atom is -0.351 e. The van der Waals surface area contributed by atoms with Gasteiger partial charge in [0.25, 0.3) is 11.8 Å². The number of rotatable bonds is 5. The quantitative estimate of drug-likeness (QED) is 0.863. The van der Waals surface area contributed by atoms with E-state index >= 15 is 0 Å². The minimum atomic E-state index is -0.0281. The number of hydrogen-bond donors (Lipinski definition) is 1. The summed E-state index contributed by atoms with van der Waals surface area (Å²) in [7, 11) is 0. The van der Waals surface area contributed by atoms with Crippen LogP contribution in [0.1, 0.15) is 20.0 Å². The van der Waals surface area contributed by atoms with Gasteiger partial charge in [-0.25, -0.2) is 0 Å². The highest BCUT2D eigenvalue weighted by molar-refractivity contribution is 7.18. The summed E-state index contributed by atoms with van der Waals surface area (Å²) in [4.78, 5) is 29.0. The van der Waals surface area contributed by atoms with E-state index in [-0.39, 0.29) is 11.8 Å². The first kappa shape index (κ1) is 17.4. The van der Waals surface area contributed by atoms with Gasteiger partial charge in [0.05, 0.1) is 9.21 Å². The highest BCUT2D eigenvalue weighted by Crippen LogP contribution is 2.23. The SMILES string of the molecule is O=C(NCCN1CCN(C(=O)c2ccc(Cl)s2)CC1)c1ccsc1. The molecule has 0 spiro atoms. The molecule has 24 heavy (non-hydrogen) atoms. The fraction of sp³-hybridized carbons (Fsp3) is 0.375. The Labute approximate surface area is 153 Å². The lowest BCUT2D eigenvalue weighted by Gasteiger charge is -2.34. The van der Waals surface area contributed by atoms with Crippen molar-refractivity contribution in [3.05, 3.63) is 43.7 Å². The number of piperazine rings is 1. The Hall–Kier alpha value is -1.41. The topological polar surface area (TPSA) is 52.7 Å². The smallest absolute Gasteiger partial charge is 0.264 e. The highest BCUT2D eigenvalue weighted by atomic mass is 35.5. The first-order chi connectivity index (χ1) is 11.6. The van der Waals surface area contributed by atoms with E-state index in [1.54, 1.807) is 12.1 Å². The molecule has 128 valence electrons. The molecule has 1 fully saturated rings. The summed E-state index contributed by atoms with van der Waals surface area (Å²) < 4.78 is 0.637. The molecule has 0 atom stereocenters. The zero-order valence-electron chi connectivity index (χ0n) is 13.0. The Morgan fingerprint density at radius 1 is 1.17 bits per heavy atom. The molecule has 1 aliphatic rings. The number of amides is 2. The van der Waals surface area contributed by atoms with Gasteiger partial charge in [0.1, 0.15) is 0 Å². The number of carbonyl (C=O) groups is 2. The summed E-state index contributed by atoms with van der Waals surface area (Å²) in [5.74, 6) is 0.0250. The molecule has 0 radical (unpaired) electrons. The minimum absolute atomic E-state index is 0.0281. The van der Waals surface area contributed by atoms with Gasteiger partial charge in [0.15, 0.2) is 0 Å². The van der Waals surface area contributed by atoms with Crippen LogP contribution in [0.5, 0.6) is 0 Å². The second-order valence-electron chi connectivity index (χ2n) is 5.51. The van der Waals surface area contributed by atoms with E-state index in [1.807, 2.05) is 21.7 Å². The van der Waals surface area contributed by atoms with E-state index in [2.05, 4.69) is 10.2 Å². The Kier molecular flexibility index (Phi) is 5.89. The van der Waals surface area contributed by atoms with Crippen molar-refractivity contribution in [1.82, 2.24) is 15.1 Å².